The molecule has 0 unspecified atom stereocenters. The van der Waals surface area contributed by atoms with Crippen molar-refractivity contribution in [3.8, 4) is 11.5 Å². The standard InChI is InChI=1S/C14H10Cl2F3NO/c15-10-2-4-13(11(16)6-10)21-12-3-1-9(14(17,18)19)5-8(12)7-20/h1-6H,7,20H2. The van der Waals surface area contributed by atoms with Gasteiger partial charge in [0.25, 0.3) is 0 Å². The van der Waals surface area contributed by atoms with Gasteiger partial charge in [0.2, 0.25) is 0 Å². The van der Waals surface area contributed by atoms with Crippen molar-refractivity contribution < 1.29 is 17.9 Å². The molecule has 2 N–H and O–H groups in total. The van der Waals surface area contributed by atoms with Crippen LogP contribution in [0.15, 0.2) is 36.4 Å². The Morgan fingerprint density at radius 1 is 1.00 bits per heavy atom. The molecular formula is C14H10Cl2F3NO. The minimum atomic E-state index is -4.43. The maximum absolute atomic E-state index is 12.7. The van der Waals surface area contributed by atoms with Gasteiger partial charge in [-0.05, 0) is 36.4 Å². The lowest BCUT2D eigenvalue weighted by atomic mass is 10.1. The molecule has 2 rings (SSSR count). The third-order valence-corrected chi connectivity index (χ3v) is 3.25. The largest absolute Gasteiger partial charge is 0.455 e. The van der Waals surface area contributed by atoms with Gasteiger partial charge >= 0.3 is 6.18 Å². The van der Waals surface area contributed by atoms with E-state index < -0.39 is 11.7 Å². The van der Waals surface area contributed by atoms with Gasteiger partial charge in [-0.2, -0.15) is 13.2 Å². The van der Waals surface area contributed by atoms with E-state index >= 15 is 0 Å². The molecule has 0 saturated carbocycles. The van der Waals surface area contributed by atoms with Crippen molar-refractivity contribution in [2.24, 2.45) is 5.73 Å². The summed E-state index contributed by atoms with van der Waals surface area (Å²) in [4.78, 5) is 0. The zero-order chi connectivity index (χ0) is 15.6. The molecule has 0 atom stereocenters. The van der Waals surface area contributed by atoms with Crippen LogP contribution in [0.5, 0.6) is 11.5 Å². The summed E-state index contributed by atoms with van der Waals surface area (Å²) in [5.74, 6) is 0.505. The number of alkyl halides is 3. The molecule has 7 heteroatoms. The summed E-state index contributed by atoms with van der Waals surface area (Å²) in [5, 5.41) is 0.684. The van der Waals surface area contributed by atoms with Crippen molar-refractivity contribution in [1.29, 1.82) is 0 Å². The number of hydrogen-bond donors (Lipinski definition) is 1. The number of benzene rings is 2. The molecule has 0 spiro atoms. The quantitative estimate of drug-likeness (QED) is 0.829. The number of hydrogen-bond acceptors (Lipinski definition) is 2. The Kier molecular flexibility index (Phi) is 4.66. The summed E-state index contributed by atoms with van der Waals surface area (Å²) in [7, 11) is 0. The normalized spacial score (nSPS) is 11.5. The highest BCUT2D eigenvalue weighted by atomic mass is 35.5. The van der Waals surface area contributed by atoms with Crippen molar-refractivity contribution >= 4 is 23.2 Å². The Bertz CT molecular complexity index is 659. The second-order valence-corrected chi connectivity index (χ2v) is 5.04. The molecule has 21 heavy (non-hydrogen) atoms. The van der Waals surface area contributed by atoms with Crippen LogP contribution < -0.4 is 10.5 Å². The van der Waals surface area contributed by atoms with Crippen LogP contribution in [-0.4, -0.2) is 0 Å². The molecule has 0 fully saturated rings. The summed E-state index contributed by atoms with van der Waals surface area (Å²) in [6.07, 6.45) is -4.43. The Balaban J connectivity index is 2.36. The minimum absolute atomic E-state index is 0.0928. The smallest absolute Gasteiger partial charge is 0.416 e. The van der Waals surface area contributed by atoms with Gasteiger partial charge in [0.15, 0.2) is 0 Å². The fourth-order valence-electron chi connectivity index (χ4n) is 1.69. The van der Waals surface area contributed by atoms with Gasteiger partial charge < -0.3 is 10.5 Å². The summed E-state index contributed by atoms with van der Waals surface area (Å²) in [6.45, 7) is -0.0928. The van der Waals surface area contributed by atoms with Crippen LogP contribution in [0, 0.1) is 0 Å². The number of ether oxygens (including phenoxy) is 1. The van der Waals surface area contributed by atoms with E-state index in [1.807, 2.05) is 0 Å². The van der Waals surface area contributed by atoms with Gasteiger partial charge in [-0.3, -0.25) is 0 Å². The highest BCUT2D eigenvalue weighted by molar-refractivity contribution is 6.35. The molecule has 0 aliphatic heterocycles. The summed E-state index contributed by atoms with van der Waals surface area (Å²) in [6, 6.07) is 7.68. The van der Waals surface area contributed by atoms with E-state index in [0.717, 1.165) is 12.1 Å². The number of halogens is 5. The first-order valence-electron chi connectivity index (χ1n) is 5.84. The first kappa shape index (κ1) is 15.9. The molecule has 0 heterocycles. The Labute approximate surface area is 129 Å². The van der Waals surface area contributed by atoms with Crippen LogP contribution in [0.4, 0.5) is 13.2 Å². The minimum Gasteiger partial charge on any atom is -0.455 e. The first-order valence-corrected chi connectivity index (χ1v) is 6.60. The number of nitrogens with two attached hydrogens (primary N) is 1. The van der Waals surface area contributed by atoms with E-state index in [0.29, 0.717) is 5.02 Å². The summed E-state index contributed by atoms with van der Waals surface area (Å²) in [5.41, 5.74) is 4.93. The van der Waals surface area contributed by atoms with Crippen LogP contribution >= 0.6 is 23.2 Å². The molecule has 0 radical (unpaired) electrons. The molecule has 0 bridgehead atoms. The van der Waals surface area contributed by atoms with Crippen LogP contribution in [0.2, 0.25) is 10.0 Å². The van der Waals surface area contributed by atoms with E-state index in [-0.39, 0.29) is 28.6 Å². The van der Waals surface area contributed by atoms with Crippen molar-refractivity contribution in [3.05, 3.63) is 57.6 Å². The lowest BCUT2D eigenvalue weighted by Crippen LogP contribution is -2.08. The second-order valence-electron chi connectivity index (χ2n) is 4.20. The predicted molar refractivity (Wildman–Crippen MR) is 75.9 cm³/mol. The molecule has 2 aromatic carbocycles. The van der Waals surface area contributed by atoms with E-state index in [9.17, 15) is 13.2 Å². The molecule has 2 nitrogen and oxygen atoms in total. The topological polar surface area (TPSA) is 35.2 Å². The SMILES string of the molecule is NCc1cc(C(F)(F)F)ccc1Oc1ccc(Cl)cc1Cl. The lowest BCUT2D eigenvalue weighted by Gasteiger charge is -2.14. The molecule has 0 aromatic heterocycles. The Hall–Kier alpha value is -1.43. The molecule has 0 aliphatic rings. The van der Waals surface area contributed by atoms with Crippen LogP contribution in [0.25, 0.3) is 0 Å². The molecule has 0 saturated heterocycles. The van der Waals surface area contributed by atoms with E-state index in [1.54, 1.807) is 6.07 Å². The first-order chi connectivity index (χ1) is 9.81. The molecule has 0 aliphatic carbocycles. The van der Waals surface area contributed by atoms with Gasteiger partial charge in [0.05, 0.1) is 10.6 Å². The van der Waals surface area contributed by atoms with E-state index in [2.05, 4.69) is 0 Å². The zero-order valence-electron chi connectivity index (χ0n) is 10.5. The zero-order valence-corrected chi connectivity index (χ0v) is 12.1. The third-order valence-electron chi connectivity index (χ3n) is 2.72. The van der Waals surface area contributed by atoms with Gasteiger partial charge in [-0.1, -0.05) is 23.2 Å². The van der Waals surface area contributed by atoms with Gasteiger partial charge in [-0.25, -0.2) is 0 Å². The average Bonchev–Trinajstić information content (AvgIpc) is 2.41. The van der Waals surface area contributed by atoms with Crippen molar-refractivity contribution in [2.75, 3.05) is 0 Å². The highest BCUT2D eigenvalue weighted by Crippen LogP contribution is 2.36. The Morgan fingerprint density at radius 3 is 2.24 bits per heavy atom. The van der Waals surface area contributed by atoms with Crippen molar-refractivity contribution in [1.82, 2.24) is 0 Å². The summed E-state index contributed by atoms with van der Waals surface area (Å²) < 4.78 is 43.5. The molecule has 2 aromatic rings. The van der Waals surface area contributed by atoms with E-state index in [4.69, 9.17) is 33.7 Å². The maximum atomic E-state index is 12.7. The molecule has 112 valence electrons. The lowest BCUT2D eigenvalue weighted by molar-refractivity contribution is -0.137. The number of rotatable bonds is 3. The van der Waals surface area contributed by atoms with Gasteiger partial charge in [-0.15, -0.1) is 0 Å². The fourth-order valence-corrected chi connectivity index (χ4v) is 2.14. The van der Waals surface area contributed by atoms with Crippen LogP contribution in [0.1, 0.15) is 11.1 Å². The monoisotopic (exact) mass is 335 g/mol. The predicted octanol–water partition coefficient (Wildman–Crippen LogP) is 5.26. The molecular weight excluding hydrogens is 326 g/mol. The van der Waals surface area contributed by atoms with Gasteiger partial charge in [0.1, 0.15) is 11.5 Å². The van der Waals surface area contributed by atoms with Crippen LogP contribution in [-0.2, 0) is 12.7 Å². The van der Waals surface area contributed by atoms with Crippen LogP contribution in [0.3, 0.4) is 0 Å². The Morgan fingerprint density at radius 2 is 1.67 bits per heavy atom. The average molecular weight is 336 g/mol. The van der Waals surface area contributed by atoms with Crippen molar-refractivity contribution in [3.63, 3.8) is 0 Å². The van der Waals surface area contributed by atoms with E-state index in [1.165, 1.54) is 18.2 Å². The summed E-state index contributed by atoms with van der Waals surface area (Å²) >= 11 is 11.7. The maximum Gasteiger partial charge on any atom is 0.416 e. The van der Waals surface area contributed by atoms with Crippen molar-refractivity contribution in [2.45, 2.75) is 12.7 Å². The highest BCUT2D eigenvalue weighted by Gasteiger charge is 2.31. The third kappa shape index (κ3) is 3.81. The fraction of sp³-hybridized carbons (Fsp3) is 0.143. The second kappa shape index (κ2) is 6.13. The van der Waals surface area contributed by atoms with Gasteiger partial charge in [0, 0.05) is 17.1 Å². The molecule has 0 amide bonds.